The Morgan fingerprint density at radius 3 is 2.57 bits per heavy atom. The van der Waals surface area contributed by atoms with Gasteiger partial charge in [0.2, 0.25) is 0 Å². The molecule has 1 atom stereocenters. The van der Waals surface area contributed by atoms with Crippen molar-refractivity contribution >= 4 is 5.97 Å². The Morgan fingerprint density at radius 2 is 2.14 bits per heavy atom. The maximum atomic E-state index is 11.7. The molecular formula is C12H20O2. The van der Waals surface area contributed by atoms with E-state index in [4.69, 9.17) is 4.74 Å². The van der Waals surface area contributed by atoms with E-state index in [-0.39, 0.29) is 11.4 Å². The molecule has 0 aromatic heterocycles. The number of carbonyl (C=O) groups excluding carboxylic acids is 1. The zero-order valence-electron chi connectivity index (χ0n) is 9.64. The largest absolute Gasteiger partial charge is 0.466 e. The lowest BCUT2D eigenvalue weighted by atomic mass is 9.88. The lowest BCUT2D eigenvalue weighted by Crippen LogP contribution is -2.26. The van der Waals surface area contributed by atoms with E-state index in [1.54, 1.807) is 0 Å². The van der Waals surface area contributed by atoms with Crippen molar-refractivity contribution in [3.63, 3.8) is 0 Å². The smallest absolute Gasteiger partial charge is 0.312 e. The minimum atomic E-state index is -0.261. The van der Waals surface area contributed by atoms with Crippen molar-refractivity contribution in [2.45, 2.75) is 47.0 Å². The fraction of sp³-hybridized carbons (Fsp3) is 0.750. The average Bonchev–Trinajstić information content (AvgIpc) is 2.50. The Labute approximate surface area is 86.3 Å². The SMILES string of the molecule is CCOC(=O)C1(C)CCC(=C(C)C)C1. The van der Waals surface area contributed by atoms with Crippen molar-refractivity contribution in [3.8, 4) is 0 Å². The first-order valence-electron chi connectivity index (χ1n) is 5.32. The Hall–Kier alpha value is -0.790. The van der Waals surface area contributed by atoms with Crippen LogP contribution in [0.4, 0.5) is 0 Å². The Balaban J connectivity index is 2.71. The van der Waals surface area contributed by atoms with Gasteiger partial charge in [0.05, 0.1) is 12.0 Å². The second-order valence-corrected chi connectivity index (χ2v) is 4.56. The molecule has 14 heavy (non-hydrogen) atoms. The van der Waals surface area contributed by atoms with Gasteiger partial charge < -0.3 is 4.74 Å². The van der Waals surface area contributed by atoms with Gasteiger partial charge in [-0.25, -0.2) is 0 Å². The van der Waals surface area contributed by atoms with E-state index < -0.39 is 0 Å². The summed E-state index contributed by atoms with van der Waals surface area (Å²) in [6.07, 6.45) is 2.87. The third kappa shape index (κ3) is 2.17. The lowest BCUT2D eigenvalue weighted by Gasteiger charge is -2.20. The maximum absolute atomic E-state index is 11.7. The van der Waals surface area contributed by atoms with E-state index in [1.165, 1.54) is 11.1 Å². The van der Waals surface area contributed by atoms with E-state index in [0.717, 1.165) is 19.3 Å². The highest BCUT2D eigenvalue weighted by Gasteiger charge is 2.40. The number of esters is 1. The first kappa shape index (κ1) is 11.3. The summed E-state index contributed by atoms with van der Waals surface area (Å²) in [4.78, 5) is 11.7. The summed E-state index contributed by atoms with van der Waals surface area (Å²) in [5.74, 6) is -0.0312. The van der Waals surface area contributed by atoms with E-state index in [2.05, 4.69) is 13.8 Å². The van der Waals surface area contributed by atoms with Crippen molar-refractivity contribution in [1.82, 2.24) is 0 Å². The summed E-state index contributed by atoms with van der Waals surface area (Å²) < 4.78 is 5.10. The van der Waals surface area contributed by atoms with Gasteiger partial charge in [0.1, 0.15) is 0 Å². The second-order valence-electron chi connectivity index (χ2n) is 4.56. The molecule has 0 aromatic carbocycles. The summed E-state index contributed by atoms with van der Waals surface area (Å²) in [5.41, 5.74) is 2.53. The summed E-state index contributed by atoms with van der Waals surface area (Å²) in [5, 5.41) is 0. The molecule has 0 heterocycles. The van der Waals surface area contributed by atoms with E-state index in [1.807, 2.05) is 13.8 Å². The van der Waals surface area contributed by atoms with Crippen LogP contribution in [0.1, 0.15) is 47.0 Å². The van der Waals surface area contributed by atoms with Crippen molar-refractivity contribution in [2.75, 3.05) is 6.61 Å². The van der Waals surface area contributed by atoms with Gasteiger partial charge >= 0.3 is 5.97 Å². The average molecular weight is 196 g/mol. The first-order chi connectivity index (χ1) is 6.49. The van der Waals surface area contributed by atoms with E-state index in [0.29, 0.717) is 6.61 Å². The predicted octanol–water partition coefficient (Wildman–Crippen LogP) is 3.08. The molecular weight excluding hydrogens is 176 g/mol. The fourth-order valence-electron chi connectivity index (χ4n) is 1.98. The molecule has 1 saturated carbocycles. The van der Waals surface area contributed by atoms with Gasteiger partial charge in [-0.05, 0) is 47.0 Å². The highest BCUT2D eigenvalue weighted by atomic mass is 16.5. The normalized spacial score (nSPS) is 26.4. The van der Waals surface area contributed by atoms with Crippen LogP contribution in [-0.4, -0.2) is 12.6 Å². The molecule has 0 radical (unpaired) electrons. The monoisotopic (exact) mass is 196 g/mol. The Bertz CT molecular complexity index is 261. The van der Waals surface area contributed by atoms with Crippen LogP contribution >= 0.6 is 0 Å². The van der Waals surface area contributed by atoms with Gasteiger partial charge in [0, 0.05) is 0 Å². The quantitative estimate of drug-likeness (QED) is 0.501. The van der Waals surface area contributed by atoms with Crippen LogP contribution in [0, 0.1) is 5.41 Å². The molecule has 1 unspecified atom stereocenters. The number of ether oxygens (including phenoxy) is 1. The number of hydrogen-bond acceptors (Lipinski definition) is 2. The summed E-state index contributed by atoms with van der Waals surface area (Å²) in [7, 11) is 0. The predicted molar refractivity (Wildman–Crippen MR) is 57.0 cm³/mol. The molecule has 2 heteroatoms. The highest BCUT2D eigenvalue weighted by Crippen LogP contribution is 2.43. The first-order valence-corrected chi connectivity index (χ1v) is 5.32. The van der Waals surface area contributed by atoms with Crippen LogP contribution in [0.25, 0.3) is 0 Å². The molecule has 1 fully saturated rings. The molecule has 1 rings (SSSR count). The van der Waals surface area contributed by atoms with Crippen LogP contribution < -0.4 is 0 Å². The van der Waals surface area contributed by atoms with Gasteiger partial charge in [0.25, 0.3) is 0 Å². The molecule has 0 amide bonds. The van der Waals surface area contributed by atoms with Gasteiger partial charge in [-0.3, -0.25) is 4.79 Å². The van der Waals surface area contributed by atoms with Crippen molar-refractivity contribution < 1.29 is 9.53 Å². The maximum Gasteiger partial charge on any atom is 0.312 e. The van der Waals surface area contributed by atoms with Gasteiger partial charge in [-0.1, -0.05) is 11.1 Å². The zero-order chi connectivity index (χ0) is 10.8. The van der Waals surface area contributed by atoms with Crippen LogP contribution in [0.15, 0.2) is 11.1 Å². The van der Waals surface area contributed by atoms with E-state index in [9.17, 15) is 4.79 Å². The van der Waals surface area contributed by atoms with Crippen LogP contribution in [0.3, 0.4) is 0 Å². The van der Waals surface area contributed by atoms with Gasteiger partial charge in [-0.15, -0.1) is 0 Å². The van der Waals surface area contributed by atoms with Crippen molar-refractivity contribution in [1.29, 1.82) is 0 Å². The van der Waals surface area contributed by atoms with Crippen molar-refractivity contribution in [3.05, 3.63) is 11.1 Å². The molecule has 1 aliphatic rings. The topological polar surface area (TPSA) is 26.3 Å². The van der Waals surface area contributed by atoms with Crippen LogP contribution in [0.5, 0.6) is 0 Å². The third-order valence-electron chi connectivity index (χ3n) is 3.06. The zero-order valence-corrected chi connectivity index (χ0v) is 9.64. The standard InChI is InChI=1S/C12H20O2/c1-5-14-11(13)12(4)7-6-10(8-12)9(2)3/h5-8H2,1-4H3. The fourth-order valence-corrected chi connectivity index (χ4v) is 1.98. The molecule has 0 spiro atoms. The molecule has 0 N–H and O–H groups in total. The minimum Gasteiger partial charge on any atom is -0.466 e. The van der Waals surface area contributed by atoms with Gasteiger partial charge in [0.15, 0.2) is 0 Å². The number of allylic oxidation sites excluding steroid dienone is 2. The summed E-state index contributed by atoms with van der Waals surface area (Å²) in [6.45, 7) is 8.59. The number of carbonyl (C=O) groups is 1. The minimum absolute atomic E-state index is 0.0312. The van der Waals surface area contributed by atoms with Crippen LogP contribution in [-0.2, 0) is 9.53 Å². The number of hydrogen-bond donors (Lipinski definition) is 0. The van der Waals surface area contributed by atoms with E-state index >= 15 is 0 Å². The van der Waals surface area contributed by atoms with Gasteiger partial charge in [-0.2, -0.15) is 0 Å². The second kappa shape index (κ2) is 4.16. The third-order valence-corrected chi connectivity index (χ3v) is 3.06. The molecule has 0 bridgehead atoms. The lowest BCUT2D eigenvalue weighted by molar-refractivity contribution is -0.153. The molecule has 2 nitrogen and oxygen atoms in total. The van der Waals surface area contributed by atoms with Crippen LogP contribution in [0.2, 0.25) is 0 Å². The molecule has 0 aromatic rings. The Kier molecular flexibility index (Phi) is 3.35. The highest BCUT2D eigenvalue weighted by molar-refractivity contribution is 5.77. The summed E-state index contributed by atoms with van der Waals surface area (Å²) >= 11 is 0. The number of rotatable bonds is 2. The summed E-state index contributed by atoms with van der Waals surface area (Å²) in [6, 6.07) is 0. The molecule has 1 aliphatic carbocycles. The molecule has 0 saturated heterocycles. The Morgan fingerprint density at radius 1 is 1.50 bits per heavy atom. The molecule has 0 aliphatic heterocycles. The molecule has 80 valence electrons. The van der Waals surface area contributed by atoms with Crippen molar-refractivity contribution in [2.24, 2.45) is 5.41 Å².